The van der Waals surface area contributed by atoms with Gasteiger partial charge in [0.05, 0.1) is 5.75 Å². The van der Waals surface area contributed by atoms with Crippen LogP contribution in [0, 0.1) is 5.92 Å². The molecule has 1 aromatic rings. The molecule has 0 atom stereocenters. The molecule has 0 amide bonds. The normalized spacial score (nSPS) is 19.1. The molecule has 2 fully saturated rings. The van der Waals surface area contributed by atoms with Crippen molar-refractivity contribution in [1.29, 1.82) is 0 Å². The predicted molar refractivity (Wildman–Crippen MR) is 87.8 cm³/mol. The second-order valence-corrected chi connectivity index (χ2v) is 9.19. The first-order valence-corrected chi connectivity index (χ1v) is 10.1. The Hall–Kier alpha value is -0.720. The second kappa shape index (κ2) is 6.18. The smallest absolute Gasteiger partial charge is 0.215 e. The van der Waals surface area contributed by atoms with Crippen LogP contribution in [0.5, 0.6) is 0 Å². The number of nitrogens with two attached hydrogens (primary N) is 1. The molecule has 2 N–H and O–H groups in total. The summed E-state index contributed by atoms with van der Waals surface area (Å²) in [5.74, 6) is 1.44. The van der Waals surface area contributed by atoms with Gasteiger partial charge in [-0.3, -0.25) is 0 Å². The summed E-state index contributed by atoms with van der Waals surface area (Å²) in [4.78, 5) is 1.07. The standard InChI is InChI=1S/C15H22N2O2S2/c16-13-3-7-15(8-4-13)20-9-10-21(18,19)17(14-5-6-14)11-12-1-2-12/h3-4,7-8,12,14H,1-2,5-6,9-11,16H2. The minimum absolute atomic E-state index is 0.227. The maximum Gasteiger partial charge on any atom is 0.215 e. The number of nitrogens with zero attached hydrogens (tertiary/aromatic N) is 1. The van der Waals surface area contributed by atoms with Gasteiger partial charge in [-0.25, -0.2) is 8.42 Å². The van der Waals surface area contributed by atoms with E-state index in [2.05, 4.69) is 0 Å². The van der Waals surface area contributed by atoms with E-state index in [1.165, 1.54) is 12.8 Å². The highest BCUT2D eigenvalue weighted by atomic mass is 32.2. The number of rotatable bonds is 8. The lowest BCUT2D eigenvalue weighted by Gasteiger charge is -2.21. The van der Waals surface area contributed by atoms with Gasteiger partial charge < -0.3 is 5.73 Å². The highest BCUT2D eigenvalue weighted by molar-refractivity contribution is 8.00. The first kappa shape index (κ1) is 15.2. The van der Waals surface area contributed by atoms with Gasteiger partial charge in [0.2, 0.25) is 10.0 Å². The van der Waals surface area contributed by atoms with Crippen molar-refractivity contribution in [2.75, 3.05) is 23.8 Å². The van der Waals surface area contributed by atoms with Crippen LogP contribution in [-0.2, 0) is 10.0 Å². The summed E-state index contributed by atoms with van der Waals surface area (Å²) in [6, 6.07) is 7.86. The van der Waals surface area contributed by atoms with Gasteiger partial charge >= 0.3 is 0 Å². The van der Waals surface area contributed by atoms with Crippen molar-refractivity contribution < 1.29 is 8.42 Å². The number of anilines is 1. The molecule has 3 rings (SSSR count). The van der Waals surface area contributed by atoms with Crippen molar-refractivity contribution in [2.45, 2.75) is 36.6 Å². The summed E-state index contributed by atoms with van der Waals surface area (Å²) in [6.45, 7) is 0.750. The van der Waals surface area contributed by atoms with Gasteiger partial charge in [0.25, 0.3) is 0 Å². The first-order chi connectivity index (χ1) is 10.0. The molecule has 0 bridgehead atoms. The van der Waals surface area contributed by atoms with Crippen molar-refractivity contribution >= 4 is 27.5 Å². The zero-order valence-corrected chi connectivity index (χ0v) is 13.7. The Labute approximate surface area is 131 Å². The van der Waals surface area contributed by atoms with Crippen LogP contribution in [-0.4, -0.2) is 36.8 Å². The van der Waals surface area contributed by atoms with E-state index < -0.39 is 10.0 Å². The molecule has 0 saturated heterocycles. The topological polar surface area (TPSA) is 63.4 Å². The average molecular weight is 326 g/mol. The number of thioether (sulfide) groups is 1. The minimum atomic E-state index is -3.10. The molecule has 2 aliphatic carbocycles. The van der Waals surface area contributed by atoms with E-state index in [0.29, 0.717) is 11.7 Å². The third-order valence-electron chi connectivity index (χ3n) is 3.94. The van der Waals surface area contributed by atoms with E-state index in [-0.39, 0.29) is 11.8 Å². The molecule has 0 spiro atoms. The largest absolute Gasteiger partial charge is 0.399 e. The van der Waals surface area contributed by atoms with Gasteiger partial charge in [-0.05, 0) is 55.9 Å². The number of nitrogen functional groups attached to an aromatic ring is 1. The van der Waals surface area contributed by atoms with Gasteiger partial charge in [0.15, 0.2) is 0 Å². The maximum atomic E-state index is 12.5. The van der Waals surface area contributed by atoms with E-state index in [4.69, 9.17) is 5.73 Å². The van der Waals surface area contributed by atoms with Gasteiger partial charge in [0.1, 0.15) is 0 Å². The Kier molecular flexibility index (Phi) is 4.47. The van der Waals surface area contributed by atoms with Crippen molar-refractivity contribution in [2.24, 2.45) is 5.92 Å². The molecular weight excluding hydrogens is 304 g/mol. The van der Waals surface area contributed by atoms with Crippen molar-refractivity contribution in [3.8, 4) is 0 Å². The molecule has 2 aliphatic rings. The molecule has 0 aliphatic heterocycles. The van der Waals surface area contributed by atoms with Crippen LogP contribution < -0.4 is 5.73 Å². The molecule has 1 aromatic carbocycles. The molecular formula is C15H22N2O2S2. The van der Waals surface area contributed by atoms with Crippen LogP contribution in [0.4, 0.5) is 5.69 Å². The van der Waals surface area contributed by atoms with Crippen LogP contribution in [0.1, 0.15) is 25.7 Å². The Morgan fingerprint density at radius 1 is 1.14 bits per heavy atom. The molecule has 0 unspecified atom stereocenters. The summed E-state index contributed by atoms with van der Waals surface area (Å²) in [6.07, 6.45) is 4.46. The van der Waals surface area contributed by atoms with Gasteiger partial charge in [-0.15, -0.1) is 11.8 Å². The van der Waals surface area contributed by atoms with Crippen LogP contribution in [0.25, 0.3) is 0 Å². The summed E-state index contributed by atoms with van der Waals surface area (Å²) in [5.41, 5.74) is 6.38. The molecule has 116 valence electrons. The summed E-state index contributed by atoms with van der Waals surface area (Å²) < 4.78 is 26.8. The Balaban J connectivity index is 1.53. The van der Waals surface area contributed by atoms with E-state index in [9.17, 15) is 8.42 Å². The monoisotopic (exact) mass is 326 g/mol. The third kappa shape index (κ3) is 4.37. The van der Waals surface area contributed by atoms with Crippen LogP contribution in [0.3, 0.4) is 0 Å². The average Bonchev–Trinajstić information content (AvgIpc) is 3.32. The van der Waals surface area contributed by atoms with Crippen molar-refractivity contribution in [1.82, 2.24) is 4.31 Å². The fourth-order valence-electron chi connectivity index (χ4n) is 2.35. The zero-order valence-electron chi connectivity index (χ0n) is 12.1. The SMILES string of the molecule is Nc1ccc(SCCS(=O)(=O)N(CC2CC2)C2CC2)cc1. The number of hydrogen-bond acceptors (Lipinski definition) is 4. The fourth-order valence-corrected chi connectivity index (χ4v) is 5.43. The van der Waals surface area contributed by atoms with E-state index in [0.717, 1.165) is 30.0 Å². The highest BCUT2D eigenvalue weighted by Crippen LogP contribution is 2.36. The molecule has 0 aromatic heterocycles. The Morgan fingerprint density at radius 2 is 1.81 bits per heavy atom. The number of benzene rings is 1. The lowest BCUT2D eigenvalue weighted by molar-refractivity contribution is 0.389. The lowest BCUT2D eigenvalue weighted by Crippen LogP contribution is -2.37. The van der Waals surface area contributed by atoms with Gasteiger partial charge in [-0.2, -0.15) is 4.31 Å². The maximum absolute atomic E-state index is 12.5. The minimum Gasteiger partial charge on any atom is -0.399 e. The number of sulfonamides is 1. The van der Waals surface area contributed by atoms with Crippen molar-refractivity contribution in [3.63, 3.8) is 0 Å². The predicted octanol–water partition coefficient (Wildman–Crippen LogP) is 2.57. The zero-order chi connectivity index (χ0) is 14.9. The van der Waals surface area contributed by atoms with Gasteiger partial charge in [0, 0.05) is 28.9 Å². The molecule has 6 heteroatoms. The third-order valence-corrected chi connectivity index (χ3v) is 7.09. The van der Waals surface area contributed by atoms with E-state index in [1.54, 1.807) is 16.1 Å². The Bertz CT molecular complexity index is 578. The lowest BCUT2D eigenvalue weighted by atomic mass is 10.3. The van der Waals surface area contributed by atoms with E-state index in [1.807, 2.05) is 24.3 Å². The van der Waals surface area contributed by atoms with Crippen LogP contribution >= 0.6 is 11.8 Å². The summed E-state index contributed by atoms with van der Waals surface area (Å²) in [5, 5.41) is 0. The first-order valence-electron chi connectivity index (χ1n) is 7.52. The van der Waals surface area contributed by atoms with Crippen molar-refractivity contribution in [3.05, 3.63) is 24.3 Å². The summed E-state index contributed by atoms with van der Waals surface area (Å²) in [7, 11) is -3.10. The van der Waals surface area contributed by atoms with E-state index >= 15 is 0 Å². The fraction of sp³-hybridized carbons (Fsp3) is 0.600. The van der Waals surface area contributed by atoms with Crippen LogP contribution in [0.2, 0.25) is 0 Å². The van der Waals surface area contributed by atoms with Crippen LogP contribution in [0.15, 0.2) is 29.2 Å². The Morgan fingerprint density at radius 3 is 2.38 bits per heavy atom. The number of hydrogen-bond donors (Lipinski definition) is 1. The molecule has 21 heavy (non-hydrogen) atoms. The highest BCUT2D eigenvalue weighted by Gasteiger charge is 2.39. The second-order valence-electron chi connectivity index (χ2n) is 5.98. The van der Waals surface area contributed by atoms with Gasteiger partial charge in [-0.1, -0.05) is 0 Å². The molecule has 0 heterocycles. The molecule has 0 radical (unpaired) electrons. The molecule has 2 saturated carbocycles. The quantitative estimate of drug-likeness (QED) is 0.589. The summed E-state index contributed by atoms with van der Waals surface area (Å²) >= 11 is 1.58. The molecule has 4 nitrogen and oxygen atoms in total.